The maximum absolute atomic E-state index is 12.2. The van der Waals surface area contributed by atoms with Gasteiger partial charge in [-0.15, -0.1) is 0 Å². The number of hydrogen-bond donors (Lipinski definition) is 1. The number of hydrogen-bond acceptors (Lipinski definition) is 2. The van der Waals surface area contributed by atoms with Gasteiger partial charge in [-0.1, -0.05) is 13.3 Å². The van der Waals surface area contributed by atoms with Crippen LogP contribution in [-0.2, 0) is 11.2 Å². The van der Waals surface area contributed by atoms with Crippen LogP contribution >= 0.6 is 0 Å². The summed E-state index contributed by atoms with van der Waals surface area (Å²) in [6, 6.07) is 5.52. The van der Waals surface area contributed by atoms with Crippen molar-refractivity contribution < 1.29 is 9.59 Å². The molecule has 0 saturated heterocycles. The molecule has 1 N–H and O–H groups in total. The van der Waals surface area contributed by atoms with E-state index in [-0.39, 0.29) is 11.8 Å². The second-order valence-electron chi connectivity index (χ2n) is 5.00. The second-order valence-corrected chi connectivity index (χ2v) is 5.00. The Morgan fingerprint density at radius 2 is 2.16 bits per heavy atom. The first-order chi connectivity index (χ1) is 9.11. The quantitative estimate of drug-likeness (QED) is 0.904. The highest BCUT2D eigenvalue weighted by molar-refractivity contribution is 5.97. The smallest absolute Gasteiger partial charge is 0.253 e. The normalized spacial score (nSPS) is 13.7. The fraction of sp³-hybridized carbons (Fsp3) is 0.467. The highest BCUT2D eigenvalue weighted by Gasteiger charge is 2.18. The Balaban J connectivity index is 2.13. The second kappa shape index (κ2) is 5.87. The van der Waals surface area contributed by atoms with Crippen LogP contribution in [0, 0.1) is 0 Å². The molecule has 0 aliphatic carbocycles. The van der Waals surface area contributed by atoms with Crippen molar-refractivity contribution in [2.24, 2.45) is 0 Å². The van der Waals surface area contributed by atoms with Crippen molar-refractivity contribution in [3.8, 4) is 0 Å². The molecular weight excluding hydrogens is 240 g/mol. The third kappa shape index (κ3) is 3.13. The van der Waals surface area contributed by atoms with E-state index in [0.717, 1.165) is 30.6 Å². The number of fused-ring (bicyclic) bond motifs is 1. The minimum Gasteiger partial charge on any atom is -0.342 e. The summed E-state index contributed by atoms with van der Waals surface area (Å²) < 4.78 is 0. The lowest BCUT2D eigenvalue weighted by atomic mass is 10.00. The Kier molecular flexibility index (Phi) is 4.20. The van der Waals surface area contributed by atoms with Gasteiger partial charge < -0.3 is 10.2 Å². The molecule has 0 fully saturated rings. The molecule has 4 nitrogen and oxygen atoms in total. The molecule has 1 aromatic carbocycles. The summed E-state index contributed by atoms with van der Waals surface area (Å²) in [4.78, 5) is 25.3. The van der Waals surface area contributed by atoms with Crippen LogP contribution in [0.5, 0.6) is 0 Å². The van der Waals surface area contributed by atoms with Gasteiger partial charge in [-0.05, 0) is 36.6 Å². The number of carbonyl (C=O) groups is 2. The van der Waals surface area contributed by atoms with Crippen LogP contribution in [0.25, 0.3) is 0 Å². The van der Waals surface area contributed by atoms with Gasteiger partial charge in [0.15, 0.2) is 0 Å². The number of nitrogens with zero attached hydrogens (tertiary/aromatic N) is 1. The first-order valence-corrected chi connectivity index (χ1v) is 6.80. The van der Waals surface area contributed by atoms with Crippen LogP contribution in [0.15, 0.2) is 18.2 Å². The van der Waals surface area contributed by atoms with Gasteiger partial charge in [0.1, 0.15) is 0 Å². The Labute approximate surface area is 113 Å². The van der Waals surface area contributed by atoms with E-state index in [0.29, 0.717) is 18.4 Å². The number of unbranched alkanes of at least 4 members (excludes halogenated alkanes) is 1. The van der Waals surface area contributed by atoms with Gasteiger partial charge in [-0.3, -0.25) is 9.59 Å². The van der Waals surface area contributed by atoms with Crippen LogP contribution < -0.4 is 5.32 Å². The molecule has 1 aliphatic rings. The van der Waals surface area contributed by atoms with E-state index in [9.17, 15) is 9.59 Å². The highest BCUT2D eigenvalue weighted by atomic mass is 16.2. The van der Waals surface area contributed by atoms with Crippen LogP contribution in [-0.4, -0.2) is 30.3 Å². The number of nitrogens with one attached hydrogen (secondary N) is 1. The number of amides is 2. The summed E-state index contributed by atoms with van der Waals surface area (Å²) in [5.74, 6) is 0.0970. The topological polar surface area (TPSA) is 49.4 Å². The van der Waals surface area contributed by atoms with Gasteiger partial charge in [-0.2, -0.15) is 0 Å². The summed E-state index contributed by atoms with van der Waals surface area (Å²) in [5, 5.41) is 2.83. The first kappa shape index (κ1) is 13.6. The molecule has 1 heterocycles. The fourth-order valence-electron chi connectivity index (χ4n) is 2.23. The lowest BCUT2D eigenvalue weighted by molar-refractivity contribution is -0.116. The van der Waals surface area contributed by atoms with Crippen molar-refractivity contribution in [3.63, 3.8) is 0 Å². The molecule has 0 saturated carbocycles. The number of carbonyl (C=O) groups excluding carboxylic acids is 2. The Morgan fingerprint density at radius 3 is 2.89 bits per heavy atom. The summed E-state index contributed by atoms with van der Waals surface area (Å²) in [6.45, 7) is 2.89. The number of rotatable bonds is 4. The Hall–Kier alpha value is -1.84. The van der Waals surface area contributed by atoms with Crippen molar-refractivity contribution in [3.05, 3.63) is 29.3 Å². The van der Waals surface area contributed by atoms with E-state index in [1.807, 2.05) is 19.2 Å². The van der Waals surface area contributed by atoms with Gasteiger partial charge in [0.05, 0.1) is 0 Å². The molecule has 4 heteroatoms. The molecule has 1 aromatic rings. The maximum Gasteiger partial charge on any atom is 0.253 e. The van der Waals surface area contributed by atoms with E-state index in [2.05, 4.69) is 12.2 Å². The summed E-state index contributed by atoms with van der Waals surface area (Å²) in [6.07, 6.45) is 3.30. The minimum absolute atomic E-state index is 0.0478. The van der Waals surface area contributed by atoms with Crippen molar-refractivity contribution in [2.75, 3.05) is 18.9 Å². The molecule has 0 aromatic heterocycles. The molecule has 0 radical (unpaired) electrons. The third-order valence-electron chi connectivity index (χ3n) is 3.44. The number of aryl methyl sites for hydroxylation is 1. The third-order valence-corrected chi connectivity index (χ3v) is 3.44. The average molecular weight is 260 g/mol. The maximum atomic E-state index is 12.2. The zero-order valence-electron chi connectivity index (χ0n) is 11.5. The molecule has 0 atom stereocenters. The summed E-state index contributed by atoms with van der Waals surface area (Å²) in [7, 11) is 1.83. The molecule has 2 rings (SSSR count). The van der Waals surface area contributed by atoms with E-state index in [1.54, 1.807) is 11.0 Å². The van der Waals surface area contributed by atoms with Crippen LogP contribution in [0.2, 0.25) is 0 Å². The van der Waals surface area contributed by atoms with E-state index < -0.39 is 0 Å². The molecule has 0 unspecified atom stereocenters. The van der Waals surface area contributed by atoms with Gasteiger partial charge in [0, 0.05) is 31.3 Å². The largest absolute Gasteiger partial charge is 0.342 e. The standard InChI is InChI=1S/C15H20N2O2/c1-3-4-9-17(2)15(19)12-5-7-13-11(10-12)6-8-14(18)16-13/h5,7,10H,3-4,6,8-9H2,1-2H3,(H,16,18). The molecular formula is C15H20N2O2. The van der Waals surface area contributed by atoms with E-state index >= 15 is 0 Å². The molecule has 2 amide bonds. The zero-order valence-corrected chi connectivity index (χ0v) is 11.5. The van der Waals surface area contributed by atoms with E-state index in [1.165, 1.54) is 0 Å². The van der Waals surface area contributed by atoms with Crippen molar-refractivity contribution in [1.82, 2.24) is 4.90 Å². The first-order valence-electron chi connectivity index (χ1n) is 6.80. The van der Waals surface area contributed by atoms with Crippen LogP contribution in [0.4, 0.5) is 5.69 Å². The SMILES string of the molecule is CCCCN(C)C(=O)c1ccc2c(c1)CCC(=O)N2. The fourth-order valence-corrected chi connectivity index (χ4v) is 2.23. The number of benzene rings is 1. The van der Waals surface area contributed by atoms with Gasteiger partial charge in [-0.25, -0.2) is 0 Å². The van der Waals surface area contributed by atoms with Crippen molar-refractivity contribution >= 4 is 17.5 Å². The Bertz CT molecular complexity index is 497. The minimum atomic E-state index is 0.0478. The molecule has 19 heavy (non-hydrogen) atoms. The van der Waals surface area contributed by atoms with Crippen LogP contribution in [0.1, 0.15) is 42.1 Å². The summed E-state index contributed by atoms with van der Waals surface area (Å²) >= 11 is 0. The summed E-state index contributed by atoms with van der Waals surface area (Å²) in [5.41, 5.74) is 2.59. The van der Waals surface area contributed by atoms with E-state index in [4.69, 9.17) is 0 Å². The van der Waals surface area contributed by atoms with Crippen molar-refractivity contribution in [2.45, 2.75) is 32.6 Å². The lowest BCUT2D eigenvalue weighted by Gasteiger charge is -2.20. The predicted octanol–water partition coefficient (Wildman–Crippen LogP) is 2.44. The van der Waals surface area contributed by atoms with Crippen molar-refractivity contribution in [1.29, 1.82) is 0 Å². The average Bonchev–Trinajstić information content (AvgIpc) is 2.43. The zero-order chi connectivity index (χ0) is 13.8. The number of anilines is 1. The highest BCUT2D eigenvalue weighted by Crippen LogP contribution is 2.24. The van der Waals surface area contributed by atoms with Gasteiger partial charge >= 0.3 is 0 Å². The molecule has 0 spiro atoms. The Morgan fingerprint density at radius 1 is 1.37 bits per heavy atom. The predicted molar refractivity (Wildman–Crippen MR) is 75.3 cm³/mol. The lowest BCUT2D eigenvalue weighted by Crippen LogP contribution is -2.28. The molecule has 1 aliphatic heterocycles. The van der Waals surface area contributed by atoms with Gasteiger partial charge in [0.25, 0.3) is 5.91 Å². The molecule has 102 valence electrons. The monoisotopic (exact) mass is 260 g/mol. The van der Waals surface area contributed by atoms with Gasteiger partial charge in [0.2, 0.25) is 5.91 Å². The molecule has 0 bridgehead atoms. The van der Waals surface area contributed by atoms with Crippen LogP contribution in [0.3, 0.4) is 0 Å².